The number of carbonyl (C=O) groups excluding carboxylic acids is 1. The fourth-order valence-corrected chi connectivity index (χ4v) is 3.38. The van der Waals surface area contributed by atoms with Crippen LogP contribution in [0.15, 0.2) is 73.4 Å². The topological polar surface area (TPSA) is 87.6 Å². The Hall–Kier alpha value is -3.87. The van der Waals surface area contributed by atoms with Crippen LogP contribution < -0.4 is 5.32 Å². The number of aromatic hydroxyl groups is 1. The van der Waals surface area contributed by atoms with E-state index >= 15 is 0 Å². The van der Waals surface area contributed by atoms with E-state index in [9.17, 15) is 9.90 Å². The van der Waals surface area contributed by atoms with Crippen molar-refractivity contribution in [1.82, 2.24) is 14.9 Å². The highest BCUT2D eigenvalue weighted by Crippen LogP contribution is 2.23. The van der Waals surface area contributed by atoms with E-state index in [0.717, 1.165) is 28.8 Å². The zero-order valence-corrected chi connectivity index (χ0v) is 20.0. The summed E-state index contributed by atoms with van der Waals surface area (Å²) >= 11 is 0. The van der Waals surface area contributed by atoms with Gasteiger partial charge in [0.1, 0.15) is 12.4 Å². The van der Waals surface area contributed by atoms with Gasteiger partial charge in [-0.05, 0) is 62.6 Å². The predicted octanol–water partition coefficient (Wildman–Crippen LogP) is 5.43. The Balaban J connectivity index is 1.70. The number of phenols is 1. The summed E-state index contributed by atoms with van der Waals surface area (Å²) in [5, 5.41) is 12.7. The van der Waals surface area contributed by atoms with Crippen LogP contribution in [0.1, 0.15) is 31.9 Å². The molecule has 178 valence electrons. The Morgan fingerprint density at radius 2 is 1.91 bits per heavy atom. The van der Waals surface area contributed by atoms with Crippen LogP contribution in [-0.4, -0.2) is 44.8 Å². The molecule has 34 heavy (non-hydrogen) atoms. The van der Waals surface area contributed by atoms with Crippen molar-refractivity contribution >= 4 is 12.0 Å². The number of anilines is 1. The Kier molecular flexibility index (Phi) is 8.24. The van der Waals surface area contributed by atoms with Crippen LogP contribution in [0.2, 0.25) is 0 Å². The number of hydrogen-bond acceptors (Lipinski definition) is 6. The average Bonchev–Trinajstić information content (AvgIpc) is 2.82. The molecule has 0 bridgehead atoms. The molecule has 0 saturated heterocycles. The molecule has 0 spiro atoms. The van der Waals surface area contributed by atoms with Crippen molar-refractivity contribution < 1.29 is 14.6 Å². The number of aromatic nitrogens is 2. The highest BCUT2D eigenvalue weighted by molar-refractivity contribution is 5.69. The second kappa shape index (κ2) is 11.3. The first kappa shape index (κ1) is 24.8. The zero-order valence-electron chi connectivity index (χ0n) is 20.0. The molecule has 1 aromatic heterocycles. The van der Waals surface area contributed by atoms with Gasteiger partial charge < -0.3 is 15.2 Å². The Labute approximate surface area is 201 Å². The van der Waals surface area contributed by atoms with E-state index in [2.05, 4.69) is 21.9 Å². The molecule has 0 radical (unpaired) electrons. The number of benzene rings is 2. The minimum absolute atomic E-state index is 0.176. The summed E-state index contributed by atoms with van der Waals surface area (Å²) in [7, 11) is 0. The summed E-state index contributed by atoms with van der Waals surface area (Å²) in [6, 6.07) is 17.0. The van der Waals surface area contributed by atoms with Crippen molar-refractivity contribution in [3.8, 4) is 17.0 Å². The maximum absolute atomic E-state index is 12.6. The minimum atomic E-state index is -0.405. The van der Waals surface area contributed by atoms with Crippen LogP contribution in [0.3, 0.4) is 0 Å². The number of phenolic OH excluding ortho intramolecular Hbond substituents is 1. The Bertz CT molecular complexity index is 1110. The zero-order chi connectivity index (χ0) is 24.6. The minimum Gasteiger partial charge on any atom is -0.508 e. The van der Waals surface area contributed by atoms with E-state index in [1.54, 1.807) is 29.3 Å². The molecule has 0 aliphatic carbocycles. The van der Waals surface area contributed by atoms with Gasteiger partial charge in [-0.1, -0.05) is 43.0 Å². The standard InChI is InChI=1S/C27H32N4O3/c1-5-17-34-26(33)31(27(2,3)4)19-21-7-6-8-22(18-21)24-14-16-29-25(30-24)28-15-13-20-9-11-23(32)12-10-20/h5-12,14,16,18,32H,1,13,15,17,19H2,2-4H3,(H,28,29,30). The molecule has 1 heterocycles. The summed E-state index contributed by atoms with van der Waals surface area (Å²) in [4.78, 5) is 23.3. The van der Waals surface area contributed by atoms with E-state index in [1.165, 1.54) is 0 Å². The van der Waals surface area contributed by atoms with Crippen molar-refractivity contribution in [1.29, 1.82) is 0 Å². The SMILES string of the molecule is C=CCOC(=O)N(Cc1cccc(-c2ccnc(NCCc3ccc(O)cc3)n2)c1)C(C)(C)C. The molecule has 7 nitrogen and oxygen atoms in total. The number of nitrogens with zero attached hydrogens (tertiary/aromatic N) is 3. The van der Waals surface area contributed by atoms with Crippen LogP contribution in [0, 0.1) is 0 Å². The van der Waals surface area contributed by atoms with Gasteiger partial charge in [-0.3, -0.25) is 4.90 Å². The molecule has 0 atom stereocenters. The smallest absolute Gasteiger partial charge is 0.410 e. The number of ether oxygens (including phenoxy) is 1. The van der Waals surface area contributed by atoms with Crippen molar-refractivity contribution in [2.45, 2.75) is 39.3 Å². The van der Waals surface area contributed by atoms with Crippen molar-refractivity contribution in [2.24, 2.45) is 0 Å². The number of amides is 1. The number of hydrogen-bond donors (Lipinski definition) is 2. The third kappa shape index (κ3) is 7.07. The van der Waals surface area contributed by atoms with Crippen molar-refractivity contribution in [2.75, 3.05) is 18.5 Å². The molecular formula is C27H32N4O3. The molecule has 2 N–H and O–H groups in total. The summed E-state index contributed by atoms with van der Waals surface area (Å²) in [5.41, 5.74) is 3.42. The lowest BCUT2D eigenvalue weighted by Gasteiger charge is -2.34. The van der Waals surface area contributed by atoms with Gasteiger partial charge in [0.25, 0.3) is 0 Å². The summed E-state index contributed by atoms with van der Waals surface area (Å²) in [5.74, 6) is 0.806. The normalized spacial score (nSPS) is 11.0. The molecule has 0 unspecified atom stereocenters. The molecule has 2 aromatic carbocycles. The van der Waals surface area contributed by atoms with Gasteiger partial charge in [-0.2, -0.15) is 0 Å². The third-order valence-electron chi connectivity index (χ3n) is 5.21. The molecule has 0 saturated carbocycles. The van der Waals surface area contributed by atoms with Crippen LogP contribution in [0.4, 0.5) is 10.7 Å². The van der Waals surface area contributed by atoms with Gasteiger partial charge in [-0.25, -0.2) is 14.8 Å². The maximum Gasteiger partial charge on any atom is 0.410 e. The van der Waals surface area contributed by atoms with Crippen molar-refractivity contribution in [3.05, 3.63) is 84.6 Å². The van der Waals surface area contributed by atoms with Crippen LogP contribution >= 0.6 is 0 Å². The molecule has 0 fully saturated rings. The molecular weight excluding hydrogens is 428 g/mol. The van der Waals surface area contributed by atoms with Gasteiger partial charge in [0.15, 0.2) is 0 Å². The molecule has 1 amide bonds. The van der Waals surface area contributed by atoms with Crippen LogP contribution in [0.25, 0.3) is 11.3 Å². The fraction of sp³-hybridized carbons (Fsp3) is 0.296. The monoisotopic (exact) mass is 460 g/mol. The highest BCUT2D eigenvalue weighted by atomic mass is 16.6. The average molecular weight is 461 g/mol. The predicted molar refractivity (Wildman–Crippen MR) is 135 cm³/mol. The van der Waals surface area contributed by atoms with Gasteiger partial charge >= 0.3 is 6.09 Å². The molecule has 0 aliphatic heterocycles. The fourth-order valence-electron chi connectivity index (χ4n) is 3.38. The van der Waals surface area contributed by atoms with Crippen LogP contribution in [-0.2, 0) is 17.7 Å². The van der Waals surface area contributed by atoms with Crippen LogP contribution in [0.5, 0.6) is 5.75 Å². The lowest BCUT2D eigenvalue weighted by Crippen LogP contribution is -2.45. The first-order chi connectivity index (χ1) is 16.3. The van der Waals surface area contributed by atoms with Gasteiger partial charge in [-0.15, -0.1) is 0 Å². The molecule has 3 rings (SSSR count). The number of carbonyl (C=O) groups is 1. The van der Waals surface area contributed by atoms with E-state index in [-0.39, 0.29) is 18.4 Å². The van der Waals surface area contributed by atoms with Gasteiger partial charge in [0.05, 0.1) is 5.69 Å². The second-order valence-electron chi connectivity index (χ2n) is 8.93. The number of nitrogens with one attached hydrogen (secondary N) is 1. The summed E-state index contributed by atoms with van der Waals surface area (Å²) in [6.07, 6.45) is 3.70. The lowest BCUT2D eigenvalue weighted by atomic mass is 10.0. The summed E-state index contributed by atoms with van der Waals surface area (Å²) in [6.45, 7) is 10.8. The largest absolute Gasteiger partial charge is 0.508 e. The molecule has 7 heteroatoms. The molecule has 0 aliphatic rings. The first-order valence-electron chi connectivity index (χ1n) is 11.3. The summed E-state index contributed by atoms with van der Waals surface area (Å²) < 4.78 is 5.29. The Morgan fingerprint density at radius 3 is 2.62 bits per heavy atom. The maximum atomic E-state index is 12.6. The second-order valence-corrected chi connectivity index (χ2v) is 8.93. The molecule has 3 aromatic rings. The van der Waals surface area contributed by atoms with E-state index in [1.807, 2.05) is 63.2 Å². The quantitative estimate of drug-likeness (QED) is 0.414. The van der Waals surface area contributed by atoms with E-state index in [4.69, 9.17) is 4.74 Å². The van der Waals surface area contributed by atoms with Gasteiger partial charge in [0, 0.05) is 30.4 Å². The lowest BCUT2D eigenvalue weighted by molar-refractivity contribution is 0.0709. The van der Waals surface area contributed by atoms with E-state index < -0.39 is 5.54 Å². The third-order valence-corrected chi connectivity index (χ3v) is 5.21. The first-order valence-corrected chi connectivity index (χ1v) is 11.3. The Morgan fingerprint density at radius 1 is 1.15 bits per heavy atom. The van der Waals surface area contributed by atoms with Gasteiger partial charge in [0.2, 0.25) is 5.95 Å². The number of rotatable bonds is 9. The van der Waals surface area contributed by atoms with E-state index in [0.29, 0.717) is 19.0 Å². The highest BCUT2D eigenvalue weighted by Gasteiger charge is 2.27. The van der Waals surface area contributed by atoms with Crippen molar-refractivity contribution in [3.63, 3.8) is 0 Å².